The van der Waals surface area contributed by atoms with E-state index in [1.807, 2.05) is 45.0 Å². The lowest BCUT2D eigenvalue weighted by Gasteiger charge is -2.19. The number of ether oxygens (including phenoxy) is 1. The van der Waals surface area contributed by atoms with Crippen molar-refractivity contribution >= 4 is 5.91 Å². The monoisotopic (exact) mass is 287 g/mol. The molecule has 0 aliphatic heterocycles. The van der Waals surface area contributed by atoms with E-state index in [2.05, 4.69) is 5.32 Å². The maximum absolute atomic E-state index is 12.3. The zero-order valence-electron chi connectivity index (χ0n) is 13.1. The van der Waals surface area contributed by atoms with Crippen LogP contribution in [-0.2, 0) is 4.79 Å². The zero-order chi connectivity index (χ0) is 15.0. The summed E-state index contributed by atoms with van der Waals surface area (Å²) in [5, 5.41) is 3.16. The molecular formula is C18H25NO2. The molecule has 0 saturated heterocycles. The molecule has 0 radical (unpaired) electrons. The van der Waals surface area contributed by atoms with Crippen LogP contribution in [0.3, 0.4) is 0 Å². The van der Waals surface area contributed by atoms with E-state index < -0.39 is 0 Å². The lowest BCUT2D eigenvalue weighted by Crippen LogP contribution is -2.32. The van der Waals surface area contributed by atoms with Crippen LogP contribution < -0.4 is 10.1 Å². The lowest BCUT2D eigenvalue weighted by atomic mass is 10.0. The number of benzene rings is 1. The van der Waals surface area contributed by atoms with Gasteiger partial charge in [0.15, 0.2) is 0 Å². The summed E-state index contributed by atoms with van der Waals surface area (Å²) in [5.74, 6) is 3.06. The van der Waals surface area contributed by atoms with Crippen LogP contribution in [0.1, 0.15) is 51.6 Å². The van der Waals surface area contributed by atoms with Gasteiger partial charge in [-0.15, -0.1) is 0 Å². The molecule has 3 nitrogen and oxygen atoms in total. The molecule has 1 amide bonds. The molecule has 114 valence electrons. The van der Waals surface area contributed by atoms with Crippen LogP contribution in [0, 0.1) is 17.8 Å². The second kappa shape index (κ2) is 5.70. The fraction of sp³-hybridized carbons (Fsp3) is 0.611. The van der Waals surface area contributed by atoms with Crippen LogP contribution in [0.25, 0.3) is 0 Å². The molecule has 21 heavy (non-hydrogen) atoms. The van der Waals surface area contributed by atoms with E-state index in [1.54, 1.807) is 0 Å². The minimum atomic E-state index is 0.0579. The zero-order valence-corrected chi connectivity index (χ0v) is 13.1. The second-order valence-corrected chi connectivity index (χ2v) is 6.89. The summed E-state index contributed by atoms with van der Waals surface area (Å²) in [7, 11) is 0. The maximum atomic E-state index is 12.3. The molecule has 1 aromatic rings. The van der Waals surface area contributed by atoms with E-state index in [9.17, 15) is 4.79 Å². The number of nitrogens with one attached hydrogen (secondary N) is 1. The Bertz CT molecular complexity index is 498. The molecule has 3 rings (SSSR count). The quantitative estimate of drug-likeness (QED) is 0.896. The molecule has 0 heterocycles. The van der Waals surface area contributed by atoms with Gasteiger partial charge in [0.1, 0.15) is 5.75 Å². The highest BCUT2D eigenvalue weighted by Crippen LogP contribution is 2.54. The first kappa shape index (κ1) is 14.4. The smallest absolute Gasteiger partial charge is 0.223 e. The van der Waals surface area contributed by atoms with Gasteiger partial charge in [-0.25, -0.2) is 0 Å². The van der Waals surface area contributed by atoms with Crippen LogP contribution in [0.15, 0.2) is 24.3 Å². The van der Waals surface area contributed by atoms with Crippen molar-refractivity contribution < 1.29 is 9.53 Å². The Morgan fingerprint density at radius 2 is 1.71 bits per heavy atom. The summed E-state index contributed by atoms with van der Waals surface area (Å²) in [5.41, 5.74) is 1.13. The van der Waals surface area contributed by atoms with Gasteiger partial charge >= 0.3 is 0 Å². The molecule has 3 unspecified atom stereocenters. The standard InChI is InChI=1S/C18H25NO2/c1-11(2)21-17-6-4-13(5-7-17)12(3)19-18(20)16-9-14-8-15(14)10-16/h4-7,11-12,14-16H,8-10H2,1-3H3,(H,19,20). The Labute approximate surface area is 127 Å². The number of hydrogen-bond donors (Lipinski definition) is 1. The number of fused-ring (bicyclic) bond motifs is 1. The predicted octanol–water partition coefficient (Wildman–Crippen LogP) is 3.70. The number of hydrogen-bond acceptors (Lipinski definition) is 2. The van der Waals surface area contributed by atoms with Crippen molar-refractivity contribution in [2.45, 2.75) is 52.2 Å². The Hall–Kier alpha value is -1.51. The van der Waals surface area contributed by atoms with Crippen molar-refractivity contribution in [3.05, 3.63) is 29.8 Å². The van der Waals surface area contributed by atoms with Crippen LogP contribution in [0.5, 0.6) is 5.75 Å². The Balaban J connectivity index is 1.54. The van der Waals surface area contributed by atoms with Crippen LogP contribution in [-0.4, -0.2) is 12.0 Å². The number of carbonyl (C=O) groups is 1. The molecular weight excluding hydrogens is 262 g/mol. The van der Waals surface area contributed by atoms with Gasteiger partial charge in [-0.05, 0) is 69.6 Å². The van der Waals surface area contributed by atoms with Gasteiger partial charge in [0.05, 0.1) is 12.1 Å². The van der Waals surface area contributed by atoms with Crippen molar-refractivity contribution in [1.29, 1.82) is 0 Å². The number of carbonyl (C=O) groups excluding carboxylic acids is 1. The molecule has 2 aliphatic rings. The number of amides is 1. The lowest BCUT2D eigenvalue weighted by molar-refractivity contribution is -0.125. The summed E-state index contributed by atoms with van der Waals surface area (Å²) < 4.78 is 5.64. The summed E-state index contributed by atoms with van der Waals surface area (Å²) in [6, 6.07) is 8.08. The van der Waals surface area contributed by atoms with Crippen molar-refractivity contribution in [2.24, 2.45) is 17.8 Å². The SMILES string of the molecule is CC(C)Oc1ccc(C(C)NC(=O)C2CC3CC3C2)cc1. The van der Waals surface area contributed by atoms with E-state index in [0.717, 1.165) is 36.0 Å². The predicted molar refractivity (Wildman–Crippen MR) is 83.1 cm³/mol. The number of rotatable bonds is 5. The highest BCUT2D eigenvalue weighted by atomic mass is 16.5. The van der Waals surface area contributed by atoms with E-state index >= 15 is 0 Å². The molecule has 0 bridgehead atoms. The minimum Gasteiger partial charge on any atom is -0.491 e. The second-order valence-electron chi connectivity index (χ2n) is 6.89. The van der Waals surface area contributed by atoms with Gasteiger partial charge in [-0.2, -0.15) is 0 Å². The van der Waals surface area contributed by atoms with Crippen LogP contribution >= 0.6 is 0 Å². The maximum Gasteiger partial charge on any atom is 0.223 e. The van der Waals surface area contributed by atoms with Crippen molar-refractivity contribution in [3.63, 3.8) is 0 Å². The van der Waals surface area contributed by atoms with E-state index in [4.69, 9.17) is 4.74 Å². The first-order valence-electron chi connectivity index (χ1n) is 8.10. The van der Waals surface area contributed by atoms with Crippen molar-refractivity contribution in [2.75, 3.05) is 0 Å². The topological polar surface area (TPSA) is 38.3 Å². The first-order valence-corrected chi connectivity index (χ1v) is 8.10. The molecule has 1 aromatic carbocycles. The third-order valence-electron chi connectivity index (χ3n) is 4.73. The average molecular weight is 287 g/mol. The van der Waals surface area contributed by atoms with E-state index in [1.165, 1.54) is 6.42 Å². The minimum absolute atomic E-state index is 0.0579. The molecule has 3 atom stereocenters. The largest absolute Gasteiger partial charge is 0.491 e. The summed E-state index contributed by atoms with van der Waals surface area (Å²) in [6.45, 7) is 6.08. The molecule has 3 heteroatoms. The summed E-state index contributed by atoms with van der Waals surface area (Å²) >= 11 is 0. The highest BCUT2D eigenvalue weighted by Gasteiger charge is 2.48. The average Bonchev–Trinajstić information content (AvgIpc) is 3.05. The highest BCUT2D eigenvalue weighted by molar-refractivity contribution is 5.79. The van der Waals surface area contributed by atoms with Gasteiger partial charge in [-0.1, -0.05) is 12.1 Å². The van der Waals surface area contributed by atoms with E-state index in [-0.39, 0.29) is 24.0 Å². The third kappa shape index (κ3) is 3.39. The van der Waals surface area contributed by atoms with Gasteiger partial charge in [0, 0.05) is 5.92 Å². The molecule has 0 spiro atoms. The van der Waals surface area contributed by atoms with Crippen LogP contribution in [0.4, 0.5) is 0 Å². The molecule has 2 aliphatic carbocycles. The molecule has 2 fully saturated rings. The Morgan fingerprint density at radius 3 is 2.29 bits per heavy atom. The van der Waals surface area contributed by atoms with Gasteiger partial charge in [0.2, 0.25) is 5.91 Å². The third-order valence-corrected chi connectivity index (χ3v) is 4.73. The normalized spacial score (nSPS) is 28.1. The summed E-state index contributed by atoms with van der Waals surface area (Å²) in [6.07, 6.45) is 3.74. The molecule has 1 N–H and O–H groups in total. The molecule has 0 aromatic heterocycles. The van der Waals surface area contributed by atoms with Crippen molar-refractivity contribution in [1.82, 2.24) is 5.32 Å². The Morgan fingerprint density at radius 1 is 1.10 bits per heavy atom. The molecule has 2 saturated carbocycles. The van der Waals surface area contributed by atoms with E-state index in [0.29, 0.717) is 0 Å². The Kier molecular flexibility index (Phi) is 3.92. The van der Waals surface area contributed by atoms with Crippen molar-refractivity contribution in [3.8, 4) is 5.75 Å². The van der Waals surface area contributed by atoms with Gasteiger partial charge < -0.3 is 10.1 Å². The van der Waals surface area contributed by atoms with Gasteiger partial charge in [-0.3, -0.25) is 4.79 Å². The van der Waals surface area contributed by atoms with Gasteiger partial charge in [0.25, 0.3) is 0 Å². The fourth-order valence-corrected chi connectivity index (χ4v) is 3.45. The fourth-order valence-electron chi connectivity index (χ4n) is 3.45. The van der Waals surface area contributed by atoms with Crippen LogP contribution in [0.2, 0.25) is 0 Å². The first-order chi connectivity index (χ1) is 10.0. The summed E-state index contributed by atoms with van der Waals surface area (Å²) in [4.78, 5) is 12.3.